The number of carbonyl (C=O) groups is 1. The molecule has 0 aliphatic carbocycles. The van der Waals surface area contributed by atoms with Crippen LogP contribution in [0.1, 0.15) is 18.5 Å². The van der Waals surface area contributed by atoms with E-state index in [-0.39, 0.29) is 12.0 Å². The van der Waals surface area contributed by atoms with Crippen molar-refractivity contribution >= 4 is 17.5 Å². The fraction of sp³-hybridized carbons (Fsp3) is 0.375. The number of nitrogens with zero attached hydrogens (tertiary/aromatic N) is 2. The largest absolute Gasteiger partial charge is 0.489 e. The third kappa shape index (κ3) is 4.97. The lowest BCUT2D eigenvalue weighted by atomic mass is 10.1. The maximum atomic E-state index is 12.3. The molecule has 6 nitrogen and oxygen atoms in total. The van der Waals surface area contributed by atoms with Crippen molar-refractivity contribution in [1.82, 2.24) is 20.4 Å². The summed E-state index contributed by atoms with van der Waals surface area (Å²) in [7, 11) is 3.56. The van der Waals surface area contributed by atoms with Crippen LogP contribution in [0.25, 0.3) is 0 Å². The van der Waals surface area contributed by atoms with Gasteiger partial charge in [-0.25, -0.2) is 0 Å². The van der Waals surface area contributed by atoms with Gasteiger partial charge in [-0.2, -0.15) is 5.10 Å². The number of carbonyl (C=O) groups excluding carboxylic acids is 1. The van der Waals surface area contributed by atoms with Crippen molar-refractivity contribution in [3.8, 4) is 5.75 Å². The predicted octanol–water partition coefficient (Wildman–Crippen LogP) is 1.92. The summed E-state index contributed by atoms with van der Waals surface area (Å²) in [5, 5.41) is 10.6. The number of aromatic nitrogens is 2. The Kier molecular flexibility index (Phi) is 6.01. The lowest BCUT2D eigenvalue weighted by Gasteiger charge is -2.18. The molecule has 124 valence electrons. The highest BCUT2D eigenvalue weighted by atomic mass is 35.5. The van der Waals surface area contributed by atoms with Crippen LogP contribution in [0.4, 0.5) is 0 Å². The van der Waals surface area contributed by atoms with Gasteiger partial charge in [0.05, 0.1) is 12.7 Å². The zero-order valence-electron chi connectivity index (χ0n) is 13.4. The van der Waals surface area contributed by atoms with Crippen LogP contribution >= 0.6 is 11.6 Å². The van der Waals surface area contributed by atoms with Gasteiger partial charge in [-0.15, -0.1) is 0 Å². The van der Waals surface area contributed by atoms with Crippen molar-refractivity contribution in [2.24, 2.45) is 7.05 Å². The number of hydrogen-bond donors (Lipinski definition) is 2. The third-order valence-electron chi connectivity index (χ3n) is 3.32. The van der Waals surface area contributed by atoms with Crippen LogP contribution in [0.15, 0.2) is 36.7 Å². The van der Waals surface area contributed by atoms with Crippen molar-refractivity contribution in [2.45, 2.75) is 19.1 Å². The normalized spacial score (nSPS) is 13.4. The molecule has 0 saturated carbocycles. The van der Waals surface area contributed by atoms with E-state index in [0.717, 1.165) is 5.56 Å². The number of halogens is 1. The number of benzene rings is 1. The summed E-state index contributed by atoms with van der Waals surface area (Å²) in [5.41, 5.74) is 0.818. The molecule has 0 radical (unpaired) electrons. The Hall–Kier alpha value is -2.05. The maximum absolute atomic E-state index is 12.3. The first-order valence-electron chi connectivity index (χ1n) is 7.35. The summed E-state index contributed by atoms with van der Waals surface area (Å²) in [6.45, 7) is 2.30. The van der Waals surface area contributed by atoms with E-state index in [1.807, 2.05) is 20.2 Å². The molecule has 2 atom stereocenters. The van der Waals surface area contributed by atoms with Crippen molar-refractivity contribution < 1.29 is 9.53 Å². The van der Waals surface area contributed by atoms with Gasteiger partial charge in [0.15, 0.2) is 0 Å². The van der Waals surface area contributed by atoms with Gasteiger partial charge >= 0.3 is 0 Å². The molecule has 1 amide bonds. The highest BCUT2D eigenvalue weighted by Gasteiger charge is 2.20. The third-order valence-corrected chi connectivity index (χ3v) is 3.58. The summed E-state index contributed by atoms with van der Waals surface area (Å²) in [4.78, 5) is 12.3. The lowest BCUT2D eigenvalue weighted by molar-refractivity contribution is -0.123. The summed E-state index contributed by atoms with van der Waals surface area (Å²) >= 11 is 5.84. The second-order valence-electron chi connectivity index (χ2n) is 5.30. The standard InChI is InChI=1S/C16H21ClN4O2/c1-11(23-14-6-4-13(17)5-7-14)8-19-16(22)15(18-2)12-9-20-21(3)10-12/h4-7,9-11,15,18H,8H2,1-3H3,(H,19,22). The van der Waals surface area contributed by atoms with Crippen LogP contribution in [0.3, 0.4) is 0 Å². The molecule has 1 aromatic carbocycles. The molecule has 0 spiro atoms. The van der Waals surface area contributed by atoms with E-state index < -0.39 is 6.04 Å². The highest BCUT2D eigenvalue weighted by molar-refractivity contribution is 6.30. The topological polar surface area (TPSA) is 68.2 Å². The SMILES string of the molecule is CNC(C(=O)NCC(C)Oc1ccc(Cl)cc1)c1cnn(C)c1. The summed E-state index contributed by atoms with van der Waals surface area (Å²) < 4.78 is 7.40. The monoisotopic (exact) mass is 336 g/mol. The van der Waals surface area contributed by atoms with Crippen molar-refractivity contribution in [1.29, 1.82) is 0 Å². The highest BCUT2D eigenvalue weighted by Crippen LogP contribution is 2.17. The smallest absolute Gasteiger partial charge is 0.241 e. The fourth-order valence-electron chi connectivity index (χ4n) is 2.17. The van der Waals surface area contributed by atoms with E-state index in [2.05, 4.69) is 15.7 Å². The Bertz CT molecular complexity index is 642. The number of amides is 1. The van der Waals surface area contributed by atoms with Crippen molar-refractivity contribution in [3.63, 3.8) is 0 Å². The molecule has 2 aromatic rings. The summed E-state index contributed by atoms with van der Waals surface area (Å²) in [6, 6.07) is 6.69. The number of hydrogen-bond acceptors (Lipinski definition) is 4. The van der Waals surface area contributed by atoms with Gasteiger partial charge in [-0.05, 0) is 38.2 Å². The number of ether oxygens (including phenoxy) is 1. The van der Waals surface area contributed by atoms with E-state index >= 15 is 0 Å². The number of rotatable bonds is 7. The van der Waals surface area contributed by atoms with Crippen LogP contribution in [0.2, 0.25) is 5.02 Å². The van der Waals surface area contributed by atoms with Crippen LogP contribution in [-0.4, -0.2) is 35.4 Å². The number of likely N-dealkylation sites (N-methyl/N-ethyl adjacent to an activating group) is 1. The van der Waals surface area contributed by atoms with Gasteiger partial charge in [0.25, 0.3) is 0 Å². The predicted molar refractivity (Wildman–Crippen MR) is 89.6 cm³/mol. The minimum atomic E-state index is -0.438. The van der Waals surface area contributed by atoms with Crippen LogP contribution in [-0.2, 0) is 11.8 Å². The van der Waals surface area contributed by atoms with Crippen molar-refractivity contribution in [3.05, 3.63) is 47.2 Å². The molecule has 0 bridgehead atoms. The van der Waals surface area contributed by atoms with Crippen LogP contribution in [0, 0.1) is 0 Å². The summed E-state index contributed by atoms with van der Waals surface area (Å²) in [5.74, 6) is 0.598. The van der Waals surface area contributed by atoms with Crippen molar-refractivity contribution in [2.75, 3.05) is 13.6 Å². The molecule has 2 N–H and O–H groups in total. The number of aryl methyl sites for hydroxylation is 1. The second-order valence-corrected chi connectivity index (χ2v) is 5.73. The molecule has 1 aromatic heterocycles. The first kappa shape index (κ1) is 17.3. The average Bonchev–Trinajstić information content (AvgIpc) is 2.94. The van der Waals surface area contributed by atoms with Gasteiger partial charge in [-0.3, -0.25) is 9.48 Å². The Balaban J connectivity index is 1.86. The Morgan fingerprint density at radius 1 is 1.39 bits per heavy atom. The first-order valence-corrected chi connectivity index (χ1v) is 7.73. The van der Waals surface area contributed by atoms with E-state index in [9.17, 15) is 4.79 Å². The van der Waals surface area contributed by atoms with E-state index in [4.69, 9.17) is 16.3 Å². The van der Waals surface area contributed by atoms with Gasteiger partial charge in [-0.1, -0.05) is 11.6 Å². The average molecular weight is 337 g/mol. The Labute approximate surface area is 140 Å². The molecular formula is C16H21ClN4O2. The molecule has 1 heterocycles. The number of nitrogens with one attached hydrogen (secondary N) is 2. The molecule has 7 heteroatoms. The van der Waals surface area contributed by atoms with Gasteiger partial charge in [0.1, 0.15) is 17.9 Å². The minimum absolute atomic E-state index is 0.118. The molecule has 0 fully saturated rings. The zero-order valence-corrected chi connectivity index (χ0v) is 14.2. The molecule has 0 saturated heterocycles. The van der Waals surface area contributed by atoms with Gasteiger partial charge < -0.3 is 15.4 Å². The van der Waals surface area contributed by atoms with Gasteiger partial charge in [0, 0.05) is 23.8 Å². The second kappa shape index (κ2) is 7.99. The Morgan fingerprint density at radius 2 is 2.09 bits per heavy atom. The van der Waals surface area contributed by atoms with Crippen LogP contribution < -0.4 is 15.4 Å². The molecule has 0 aliphatic heterocycles. The quantitative estimate of drug-likeness (QED) is 0.810. The molecular weight excluding hydrogens is 316 g/mol. The zero-order chi connectivity index (χ0) is 16.8. The summed E-state index contributed by atoms with van der Waals surface area (Å²) in [6.07, 6.45) is 3.33. The fourth-order valence-corrected chi connectivity index (χ4v) is 2.30. The molecule has 0 aliphatic rings. The first-order chi connectivity index (χ1) is 11.0. The van der Waals surface area contributed by atoms with E-state index in [1.165, 1.54) is 0 Å². The van der Waals surface area contributed by atoms with E-state index in [1.54, 1.807) is 42.2 Å². The van der Waals surface area contributed by atoms with Gasteiger partial charge in [0.2, 0.25) is 5.91 Å². The van der Waals surface area contributed by atoms with E-state index in [0.29, 0.717) is 17.3 Å². The Morgan fingerprint density at radius 3 is 2.65 bits per heavy atom. The lowest BCUT2D eigenvalue weighted by Crippen LogP contribution is -2.40. The molecule has 2 unspecified atom stereocenters. The molecule has 23 heavy (non-hydrogen) atoms. The minimum Gasteiger partial charge on any atom is -0.489 e. The molecule has 2 rings (SSSR count). The van der Waals surface area contributed by atoms with Crippen LogP contribution in [0.5, 0.6) is 5.75 Å². The maximum Gasteiger partial charge on any atom is 0.241 e.